The van der Waals surface area contributed by atoms with Crippen molar-refractivity contribution in [3.8, 4) is 0 Å². The molecule has 1 atom stereocenters. The minimum atomic E-state index is -0.171. The molecule has 1 saturated carbocycles. The van der Waals surface area contributed by atoms with Gasteiger partial charge in [0, 0.05) is 30.7 Å². The van der Waals surface area contributed by atoms with Crippen LogP contribution in [0.25, 0.3) is 0 Å². The van der Waals surface area contributed by atoms with Gasteiger partial charge in [0.1, 0.15) is 0 Å². The number of nitrogen functional groups attached to an aromatic ring is 1. The van der Waals surface area contributed by atoms with Crippen molar-refractivity contribution in [3.63, 3.8) is 0 Å². The van der Waals surface area contributed by atoms with Gasteiger partial charge >= 0.3 is 0 Å². The first kappa shape index (κ1) is 14.3. The fourth-order valence-electron chi connectivity index (χ4n) is 3.09. The fraction of sp³-hybridized carbons (Fsp3) is 0.667. The smallest absolute Gasteiger partial charge is 0.0835 e. The van der Waals surface area contributed by atoms with Gasteiger partial charge in [-0.25, -0.2) is 0 Å². The summed E-state index contributed by atoms with van der Waals surface area (Å²) in [6, 6.07) is 1.82. The highest BCUT2D eigenvalue weighted by atomic mass is 16.5. The standard InChI is InChI=1S/C15H25N3O/c1-2-19-15(7-4-3-5-8-15)14(17)10-12-11-18-9-6-13(12)16/h6,9,11,14H,2-5,7-8,10,17H2,1H3,(H2,16,18). The molecule has 2 rings (SSSR count). The van der Waals surface area contributed by atoms with E-state index >= 15 is 0 Å². The van der Waals surface area contributed by atoms with Gasteiger partial charge < -0.3 is 16.2 Å². The molecule has 19 heavy (non-hydrogen) atoms. The van der Waals surface area contributed by atoms with E-state index in [4.69, 9.17) is 16.2 Å². The van der Waals surface area contributed by atoms with Crippen LogP contribution in [0.2, 0.25) is 0 Å². The van der Waals surface area contributed by atoms with Gasteiger partial charge in [-0.1, -0.05) is 19.3 Å². The predicted octanol–water partition coefficient (Wildman–Crippen LogP) is 2.27. The van der Waals surface area contributed by atoms with Gasteiger partial charge in [0.15, 0.2) is 0 Å². The summed E-state index contributed by atoms with van der Waals surface area (Å²) >= 11 is 0. The first-order valence-corrected chi connectivity index (χ1v) is 7.26. The van der Waals surface area contributed by atoms with E-state index in [1.165, 1.54) is 19.3 Å². The summed E-state index contributed by atoms with van der Waals surface area (Å²) in [6.45, 7) is 2.76. The molecule has 0 bridgehead atoms. The molecule has 1 aromatic heterocycles. The van der Waals surface area contributed by atoms with Gasteiger partial charge in [-0.2, -0.15) is 0 Å². The molecule has 0 radical (unpaired) electrons. The highest BCUT2D eigenvalue weighted by Gasteiger charge is 2.38. The van der Waals surface area contributed by atoms with E-state index in [9.17, 15) is 0 Å². The number of hydrogen-bond acceptors (Lipinski definition) is 4. The fourth-order valence-corrected chi connectivity index (χ4v) is 3.09. The molecule has 0 aliphatic heterocycles. The van der Waals surface area contributed by atoms with Crippen LogP contribution in [0.1, 0.15) is 44.6 Å². The van der Waals surface area contributed by atoms with E-state index in [0.29, 0.717) is 0 Å². The van der Waals surface area contributed by atoms with Crippen molar-refractivity contribution in [3.05, 3.63) is 24.0 Å². The SMILES string of the molecule is CCOC1(C(N)Cc2cnccc2N)CCCCC1. The molecule has 0 amide bonds. The van der Waals surface area contributed by atoms with Crippen molar-refractivity contribution in [2.45, 2.75) is 57.1 Å². The lowest BCUT2D eigenvalue weighted by atomic mass is 9.77. The molecule has 4 nitrogen and oxygen atoms in total. The minimum Gasteiger partial charge on any atom is -0.398 e. The average Bonchev–Trinajstić information content (AvgIpc) is 2.42. The summed E-state index contributed by atoms with van der Waals surface area (Å²) in [5, 5.41) is 0. The van der Waals surface area contributed by atoms with Crippen LogP contribution in [-0.4, -0.2) is 23.2 Å². The molecule has 0 saturated heterocycles. The van der Waals surface area contributed by atoms with Gasteiger partial charge in [0.05, 0.1) is 5.60 Å². The number of aromatic nitrogens is 1. The number of nitrogens with zero attached hydrogens (tertiary/aromatic N) is 1. The van der Waals surface area contributed by atoms with Gasteiger partial charge in [-0.05, 0) is 37.8 Å². The zero-order valence-electron chi connectivity index (χ0n) is 11.8. The van der Waals surface area contributed by atoms with Crippen LogP contribution < -0.4 is 11.5 Å². The Labute approximate surface area is 115 Å². The number of ether oxygens (including phenoxy) is 1. The Kier molecular flexibility index (Phi) is 4.77. The largest absolute Gasteiger partial charge is 0.398 e. The van der Waals surface area contributed by atoms with E-state index in [0.717, 1.165) is 37.1 Å². The van der Waals surface area contributed by atoms with Crippen LogP contribution in [-0.2, 0) is 11.2 Å². The lowest BCUT2D eigenvalue weighted by Gasteiger charge is -2.41. The number of nitrogens with two attached hydrogens (primary N) is 2. The second-order valence-electron chi connectivity index (χ2n) is 5.44. The average molecular weight is 263 g/mol. The Morgan fingerprint density at radius 1 is 1.37 bits per heavy atom. The molecule has 4 N–H and O–H groups in total. The molecule has 1 aromatic rings. The summed E-state index contributed by atoms with van der Waals surface area (Å²) in [5.74, 6) is 0. The van der Waals surface area contributed by atoms with E-state index in [2.05, 4.69) is 4.98 Å². The maximum absolute atomic E-state index is 6.46. The topological polar surface area (TPSA) is 74.2 Å². The van der Waals surface area contributed by atoms with Crippen LogP contribution in [0.5, 0.6) is 0 Å². The van der Waals surface area contributed by atoms with Gasteiger partial charge in [0.2, 0.25) is 0 Å². The molecule has 0 aromatic carbocycles. The van der Waals surface area contributed by atoms with Crippen molar-refractivity contribution >= 4 is 5.69 Å². The van der Waals surface area contributed by atoms with Crippen molar-refractivity contribution < 1.29 is 4.74 Å². The maximum atomic E-state index is 6.46. The quantitative estimate of drug-likeness (QED) is 0.854. The van der Waals surface area contributed by atoms with Crippen molar-refractivity contribution in [1.82, 2.24) is 4.98 Å². The maximum Gasteiger partial charge on any atom is 0.0835 e. The zero-order chi connectivity index (χ0) is 13.7. The van der Waals surface area contributed by atoms with Crippen molar-refractivity contribution in [1.29, 1.82) is 0 Å². The number of rotatable bonds is 5. The highest BCUT2D eigenvalue weighted by Crippen LogP contribution is 2.35. The zero-order valence-corrected chi connectivity index (χ0v) is 11.8. The lowest BCUT2D eigenvalue weighted by Crippen LogP contribution is -2.52. The second kappa shape index (κ2) is 6.35. The molecule has 4 heteroatoms. The van der Waals surface area contributed by atoms with Crippen molar-refractivity contribution in [2.24, 2.45) is 5.73 Å². The third-order valence-electron chi connectivity index (χ3n) is 4.19. The number of pyridine rings is 1. The molecule has 1 aliphatic rings. The summed E-state index contributed by atoms with van der Waals surface area (Å²) in [7, 11) is 0. The summed E-state index contributed by atoms with van der Waals surface area (Å²) < 4.78 is 6.06. The van der Waals surface area contributed by atoms with Crippen LogP contribution >= 0.6 is 0 Å². The molecule has 1 unspecified atom stereocenters. The van der Waals surface area contributed by atoms with E-state index in [-0.39, 0.29) is 11.6 Å². The van der Waals surface area contributed by atoms with Gasteiger partial charge in [0.25, 0.3) is 0 Å². The normalized spacial score (nSPS) is 20.1. The van der Waals surface area contributed by atoms with Gasteiger partial charge in [-0.3, -0.25) is 4.98 Å². The molecular formula is C15H25N3O. The summed E-state index contributed by atoms with van der Waals surface area (Å²) in [4.78, 5) is 4.14. The van der Waals surface area contributed by atoms with E-state index in [1.807, 2.05) is 19.2 Å². The van der Waals surface area contributed by atoms with Crippen molar-refractivity contribution in [2.75, 3.05) is 12.3 Å². The molecule has 1 aliphatic carbocycles. The molecule has 0 spiro atoms. The summed E-state index contributed by atoms with van der Waals surface area (Å²) in [6.07, 6.45) is 10.1. The lowest BCUT2D eigenvalue weighted by molar-refractivity contribution is -0.0817. The third kappa shape index (κ3) is 3.25. The molecule has 1 fully saturated rings. The monoisotopic (exact) mass is 263 g/mol. The first-order valence-electron chi connectivity index (χ1n) is 7.26. The Hall–Kier alpha value is -1.13. The van der Waals surface area contributed by atoms with Gasteiger partial charge in [-0.15, -0.1) is 0 Å². The number of anilines is 1. The van der Waals surface area contributed by atoms with Crippen LogP contribution in [0.15, 0.2) is 18.5 Å². The van der Waals surface area contributed by atoms with Crippen LogP contribution in [0.3, 0.4) is 0 Å². The Morgan fingerprint density at radius 3 is 2.74 bits per heavy atom. The Balaban J connectivity index is 2.11. The number of hydrogen-bond donors (Lipinski definition) is 2. The van der Waals surface area contributed by atoms with Crippen LogP contribution in [0.4, 0.5) is 5.69 Å². The summed E-state index contributed by atoms with van der Waals surface area (Å²) in [5.41, 5.74) is 14.1. The highest BCUT2D eigenvalue weighted by molar-refractivity contribution is 5.44. The third-order valence-corrected chi connectivity index (χ3v) is 4.19. The predicted molar refractivity (Wildman–Crippen MR) is 77.8 cm³/mol. The molecule has 1 heterocycles. The minimum absolute atomic E-state index is 0.0146. The molecular weight excluding hydrogens is 238 g/mol. The van der Waals surface area contributed by atoms with E-state index < -0.39 is 0 Å². The second-order valence-corrected chi connectivity index (χ2v) is 5.44. The van der Waals surface area contributed by atoms with Crippen LogP contribution in [0, 0.1) is 0 Å². The Bertz CT molecular complexity index is 397. The van der Waals surface area contributed by atoms with E-state index in [1.54, 1.807) is 6.20 Å². The first-order chi connectivity index (χ1) is 9.18. The molecule has 106 valence electrons. The Morgan fingerprint density at radius 2 is 2.11 bits per heavy atom.